The van der Waals surface area contributed by atoms with Gasteiger partial charge in [-0.1, -0.05) is 31.9 Å². The Labute approximate surface area is 114 Å². The van der Waals surface area contributed by atoms with Gasteiger partial charge in [0.25, 0.3) is 0 Å². The van der Waals surface area contributed by atoms with Gasteiger partial charge in [-0.2, -0.15) is 5.10 Å². The molecule has 0 radical (unpaired) electrons. The zero-order chi connectivity index (χ0) is 13.7. The molecule has 1 atom stereocenters. The van der Waals surface area contributed by atoms with Crippen molar-refractivity contribution in [1.29, 1.82) is 0 Å². The molecule has 2 N–H and O–H groups in total. The summed E-state index contributed by atoms with van der Waals surface area (Å²) in [5.74, 6) is 1.59. The van der Waals surface area contributed by atoms with E-state index in [4.69, 9.17) is 0 Å². The Morgan fingerprint density at radius 3 is 2.89 bits per heavy atom. The Bertz CT molecular complexity index is 518. The van der Waals surface area contributed by atoms with Gasteiger partial charge in [0.15, 0.2) is 5.82 Å². The predicted octanol–water partition coefficient (Wildman–Crippen LogP) is 3.77. The van der Waals surface area contributed by atoms with Crippen molar-refractivity contribution < 1.29 is 0 Å². The SMILES string of the molecule is CCCCC(C)Nc1cccc(-c2n[nH]c(C)n2)c1. The first-order valence-electron chi connectivity index (χ1n) is 6.95. The summed E-state index contributed by atoms with van der Waals surface area (Å²) in [6, 6.07) is 8.75. The molecule has 0 saturated carbocycles. The van der Waals surface area contributed by atoms with Crippen LogP contribution in [-0.4, -0.2) is 21.2 Å². The molecular weight excluding hydrogens is 236 g/mol. The molecule has 1 aromatic heterocycles. The summed E-state index contributed by atoms with van der Waals surface area (Å²) in [4.78, 5) is 4.36. The van der Waals surface area contributed by atoms with E-state index in [-0.39, 0.29) is 0 Å². The van der Waals surface area contributed by atoms with Crippen LogP contribution in [0.3, 0.4) is 0 Å². The molecule has 0 saturated heterocycles. The van der Waals surface area contributed by atoms with Crippen LogP contribution in [0.5, 0.6) is 0 Å². The number of hydrogen-bond donors (Lipinski definition) is 2. The van der Waals surface area contributed by atoms with Crippen molar-refractivity contribution in [3.05, 3.63) is 30.1 Å². The number of aromatic nitrogens is 3. The van der Waals surface area contributed by atoms with Crippen molar-refractivity contribution >= 4 is 5.69 Å². The van der Waals surface area contributed by atoms with Crippen molar-refractivity contribution in [1.82, 2.24) is 15.2 Å². The van der Waals surface area contributed by atoms with Crippen molar-refractivity contribution in [2.24, 2.45) is 0 Å². The minimum Gasteiger partial charge on any atom is -0.383 e. The van der Waals surface area contributed by atoms with E-state index in [2.05, 4.69) is 46.5 Å². The van der Waals surface area contributed by atoms with E-state index in [9.17, 15) is 0 Å². The second-order valence-corrected chi connectivity index (χ2v) is 5.01. The van der Waals surface area contributed by atoms with E-state index in [0.29, 0.717) is 6.04 Å². The van der Waals surface area contributed by atoms with Gasteiger partial charge in [0, 0.05) is 17.3 Å². The Morgan fingerprint density at radius 2 is 2.21 bits per heavy atom. The van der Waals surface area contributed by atoms with Gasteiger partial charge in [-0.25, -0.2) is 4.98 Å². The average molecular weight is 258 g/mol. The molecule has 1 heterocycles. The van der Waals surface area contributed by atoms with Crippen LogP contribution in [0, 0.1) is 6.92 Å². The molecule has 1 unspecified atom stereocenters. The molecule has 102 valence electrons. The highest BCUT2D eigenvalue weighted by molar-refractivity contribution is 5.62. The number of anilines is 1. The molecule has 0 spiro atoms. The Morgan fingerprint density at radius 1 is 1.37 bits per heavy atom. The number of nitrogens with one attached hydrogen (secondary N) is 2. The first-order valence-corrected chi connectivity index (χ1v) is 6.95. The topological polar surface area (TPSA) is 53.6 Å². The summed E-state index contributed by atoms with van der Waals surface area (Å²) in [6.07, 6.45) is 3.69. The predicted molar refractivity (Wildman–Crippen MR) is 79.2 cm³/mol. The fourth-order valence-electron chi connectivity index (χ4n) is 2.09. The third-order valence-electron chi connectivity index (χ3n) is 3.12. The molecule has 19 heavy (non-hydrogen) atoms. The summed E-state index contributed by atoms with van der Waals surface area (Å²) < 4.78 is 0. The van der Waals surface area contributed by atoms with Crippen molar-refractivity contribution in [3.8, 4) is 11.4 Å². The van der Waals surface area contributed by atoms with Gasteiger partial charge in [-0.15, -0.1) is 0 Å². The lowest BCUT2D eigenvalue weighted by molar-refractivity contribution is 0.645. The van der Waals surface area contributed by atoms with Crippen LogP contribution < -0.4 is 5.32 Å². The van der Waals surface area contributed by atoms with E-state index in [0.717, 1.165) is 22.9 Å². The van der Waals surface area contributed by atoms with Crippen molar-refractivity contribution in [3.63, 3.8) is 0 Å². The van der Waals surface area contributed by atoms with Crippen LogP contribution in [0.1, 0.15) is 38.9 Å². The molecule has 4 heteroatoms. The Kier molecular flexibility index (Phi) is 4.55. The van der Waals surface area contributed by atoms with E-state index >= 15 is 0 Å². The number of nitrogens with zero attached hydrogens (tertiary/aromatic N) is 2. The molecule has 4 nitrogen and oxygen atoms in total. The first kappa shape index (κ1) is 13.6. The average Bonchev–Trinajstić information content (AvgIpc) is 2.83. The maximum absolute atomic E-state index is 4.36. The monoisotopic (exact) mass is 258 g/mol. The van der Waals surface area contributed by atoms with E-state index < -0.39 is 0 Å². The van der Waals surface area contributed by atoms with Gasteiger partial charge < -0.3 is 5.32 Å². The third kappa shape index (κ3) is 3.81. The smallest absolute Gasteiger partial charge is 0.181 e. The molecule has 0 fully saturated rings. The van der Waals surface area contributed by atoms with E-state index in [1.807, 2.05) is 19.1 Å². The number of hydrogen-bond acceptors (Lipinski definition) is 3. The lowest BCUT2D eigenvalue weighted by Gasteiger charge is -2.15. The Hall–Kier alpha value is -1.84. The standard InChI is InChI=1S/C15H22N4/c1-4-5-7-11(2)16-14-9-6-8-13(10-14)15-17-12(3)18-19-15/h6,8-11,16H,4-5,7H2,1-3H3,(H,17,18,19). The normalized spacial score (nSPS) is 12.4. The van der Waals surface area contributed by atoms with Gasteiger partial charge in [0.05, 0.1) is 0 Å². The van der Waals surface area contributed by atoms with Gasteiger partial charge in [0.2, 0.25) is 0 Å². The van der Waals surface area contributed by atoms with E-state index in [1.165, 1.54) is 19.3 Å². The summed E-state index contributed by atoms with van der Waals surface area (Å²) in [5.41, 5.74) is 2.17. The maximum Gasteiger partial charge on any atom is 0.181 e. The minimum absolute atomic E-state index is 0.490. The third-order valence-corrected chi connectivity index (χ3v) is 3.12. The highest BCUT2D eigenvalue weighted by Gasteiger charge is 2.06. The summed E-state index contributed by atoms with van der Waals surface area (Å²) >= 11 is 0. The number of aromatic amines is 1. The lowest BCUT2D eigenvalue weighted by Crippen LogP contribution is -2.14. The molecular formula is C15H22N4. The highest BCUT2D eigenvalue weighted by Crippen LogP contribution is 2.20. The van der Waals surface area contributed by atoms with Crippen LogP contribution in [0.25, 0.3) is 11.4 Å². The molecule has 0 amide bonds. The lowest BCUT2D eigenvalue weighted by atomic mass is 10.1. The first-order chi connectivity index (χ1) is 9.19. The second kappa shape index (κ2) is 6.36. The summed E-state index contributed by atoms with van der Waals surface area (Å²) in [6.45, 7) is 6.35. The molecule has 0 aliphatic carbocycles. The maximum atomic E-state index is 4.36. The zero-order valence-corrected chi connectivity index (χ0v) is 11.9. The highest BCUT2D eigenvalue weighted by atomic mass is 15.2. The fraction of sp³-hybridized carbons (Fsp3) is 0.467. The largest absolute Gasteiger partial charge is 0.383 e. The second-order valence-electron chi connectivity index (χ2n) is 5.01. The minimum atomic E-state index is 0.490. The number of aryl methyl sites for hydroxylation is 1. The summed E-state index contributed by atoms with van der Waals surface area (Å²) in [7, 11) is 0. The van der Waals surface area contributed by atoms with Crippen LogP contribution in [0.4, 0.5) is 5.69 Å². The van der Waals surface area contributed by atoms with Gasteiger partial charge >= 0.3 is 0 Å². The molecule has 0 aliphatic heterocycles. The van der Waals surface area contributed by atoms with Crippen LogP contribution >= 0.6 is 0 Å². The van der Waals surface area contributed by atoms with Crippen LogP contribution in [-0.2, 0) is 0 Å². The number of benzene rings is 1. The van der Waals surface area contributed by atoms with Crippen LogP contribution in [0.2, 0.25) is 0 Å². The molecule has 0 aliphatic rings. The number of H-pyrrole nitrogens is 1. The van der Waals surface area contributed by atoms with E-state index in [1.54, 1.807) is 0 Å². The number of rotatable bonds is 6. The molecule has 2 aromatic rings. The van der Waals surface area contributed by atoms with Crippen molar-refractivity contribution in [2.75, 3.05) is 5.32 Å². The zero-order valence-electron chi connectivity index (χ0n) is 11.9. The molecule has 1 aromatic carbocycles. The van der Waals surface area contributed by atoms with Gasteiger partial charge in [0.1, 0.15) is 5.82 Å². The molecule has 0 bridgehead atoms. The molecule has 2 rings (SSSR count). The van der Waals surface area contributed by atoms with Gasteiger partial charge in [-0.05, 0) is 32.4 Å². The van der Waals surface area contributed by atoms with Gasteiger partial charge in [-0.3, -0.25) is 5.10 Å². The van der Waals surface area contributed by atoms with Crippen molar-refractivity contribution in [2.45, 2.75) is 46.1 Å². The quantitative estimate of drug-likeness (QED) is 0.829. The summed E-state index contributed by atoms with van der Waals surface area (Å²) in [5, 5.41) is 10.6. The Balaban J connectivity index is 2.07. The van der Waals surface area contributed by atoms with Crippen LogP contribution in [0.15, 0.2) is 24.3 Å². The number of unbranched alkanes of at least 4 members (excludes halogenated alkanes) is 1. The fourth-order valence-corrected chi connectivity index (χ4v) is 2.09.